The first-order valence-corrected chi connectivity index (χ1v) is 7.42. The quantitative estimate of drug-likeness (QED) is 0.720. The largest absolute Gasteiger partial charge is 0.303 e. The lowest BCUT2D eigenvalue weighted by Gasteiger charge is -2.23. The number of thiophene rings is 1. The van der Waals surface area contributed by atoms with Gasteiger partial charge in [0.1, 0.15) is 0 Å². The van der Waals surface area contributed by atoms with Crippen LogP contribution in [0.3, 0.4) is 0 Å². The van der Waals surface area contributed by atoms with Crippen LogP contribution in [-0.2, 0) is 0 Å². The molecule has 0 unspecified atom stereocenters. The molecule has 0 bridgehead atoms. The fourth-order valence-electron chi connectivity index (χ4n) is 2.58. The number of hydrogen-bond donors (Lipinski definition) is 0. The zero-order valence-corrected chi connectivity index (χ0v) is 11.3. The molecular formula is C14H21NOS. The molecular weight excluding hydrogens is 230 g/mol. The maximum atomic E-state index is 11.8. The molecule has 0 aliphatic heterocycles. The number of hydrogen-bond acceptors (Lipinski definition) is 3. The highest BCUT2D eigenvalue weighted by Gasteiger charge is 2.19. The minimum absolute atomic E-state index is 0.305. The molecule has 0 radical (unpaired) electrons. The molecule has 0 amide bonds. The summed E-state index contributed by atoms with van der Waals surface area (Å²) >= 11 is 1.55. The average Bonchev–Trinajstić information content (AvgIpc) is 3.02. The van der Waals surface area contributed by atoms with Crippen LogP contribution in [0.4, 0.5) is 0 Å². The van der Waals surface area contributed by atoms with E-state index in [0.717, 1.165) is 23.9 Å². The zero-order chi connectivity index (χ0) is 12.1. The summed E-state index contributed by atoms with van der Waals surface area (Å²) in [5.41, 5.74) is 0. The SMILES string of the molecule is CN(CCCC(=O)c1cccs1)C1CCCC1. The van der Waals surface area contributed by atoms with Gasteiger partial charge in [-0.1, -0.05) is 18.9 Å². The van der Waals surface area contributed by atoms with Gasteiger partial charge in [-0.3, -0.25) is 4.79 Å². The standard InChI is InChI=1S/C14H21NOS/c1-15(12-6-2-3-7-12)10-4-8-13(16)14-9-5-11-17-14/h5,9,11-12H,2-4,6-8,10H2,1H3. The van der Waals surface area contributed by atoms with Gasteiger partial charge in [-0.05, 0) is 44.3 Å². The van der Waals surface area contributed by atoms with Gasteiger partial charge in [-0.2, -0.15) is 0 Å². The van der Waals surface area contributed by atoms with Gasteiger partial charge in [0.2, 0.25) is 0 Å². The van der Waals surface area contributed by atoms with Crippen LogP contribution in [-0.4, -0.2) is 30.3 Å². The second-order valence-corrected chi connectivity index (χ2v) is 5.87. The van der Waals surface area contributed by atoms with Crippen LogP contribution in [0.5, 0.6) is 0 Å². The summed E-state index contributed by atoms with van der Waals surface area (Å²) in [6.07, 6.45) is 7.12. The summed E-state index contributed by atoms with van der Waals surface area (Å²) < 4.78 is 0. The Labute approximate surface area is 108 Å². The Kier molecular flexibility index (Phi) is 4.75. The van der Waals surface area contributed by atoms with E-state index in [1.807, 2.05) is 17.5 Å². The summed E-state index contributed by atoms with van der Waals surface area (Å²) in [6.45, 7) is 1.06. The Balaban J connectivity index is 1.67. The van der Waals surface area contributed by atoms with Gasteiger partial charge in [0.25, 0.3) is 0 Å². The highest BCUT2D eigenvalue weighted by Crippen LogP contribution is 2.22. The van der Waals surface area contributed by atoms with Crippen LogP contribution in [0.1, 0.15) is 48.2 Å². The summed E-state index contributed by atoms with van der Waals surface area (Å²) in [5, 5.41) is 1.97. The average molecular weight is 251 g/mol. The van der Waals surface area contributed by atoms with Crippen molar-refractivity contribution in [3.63, 3.8) is 0 Å². The van der Waals surface area contributed by atoms with Gasteiger partial charge in [-0.25, -0.2) is 0 Å². The minimum Gasteiger partial charge on any atom is -0.303 e. The van der Waals surface area contributed by atoms with Crippen molar-refractivity contribution in [1.82, 2.24) is 4.90 Å². The van der Waals surface area contributed by atoms with E-state index in [0.29, 0.717) is 12.2 Å². The lowest BCUT2D eigenvalue weighted by Crippen LogP contribution is -2.30. The third kappa shape index (κ3) is 3.65. The van der Waals surface area contributed by atoms with E-state index in [-0.39, 0.29) is 0 Å². The molecule has 0 atom stereocenters. The Morgan fingerprint density at radius 1 is 1.47 bits per heavy atom. The highest BCUT2D eigenvalue weighted by molar-refractivity contribution is 7.12. The molecule has 1 heterocycles. The molecule has 1 aliphatic rings. The van der Waals surface area contributed by atoms with Crippen molar-refractivity contribution in [2.45, 2.75) is 44.6 Å². The predicted octanol–water partition coefficient (Wildman–Crippen LogP) is 3.59. The van der Waals surface area contributed by atoms with E-state index >= 15 is 0 Å². The molecule has 0 saturated heterocycles. The molecule has 94 valence electrons. The van der Waals surface area contributed by atoms with Gasteiger partial charge in [0.15, 0.2) is 5.78 Å². The molecule has 0 aromatic carbocycles. The van der Waals surface area contributed by atoms with Crippen molar-refractivity contribution >= 4 is 17.1 Å². The van der Waals surface area contributed by atoms with Crippen LogP contribution in [0.25, 0.3) is 0 Å². The van der Waals surface area contributed by atoms with Crippen molar-refractivity contribution in [3.05, 3.63) is 22.4 Å². The number of nitrogens with zero attached hydrogens (tertiary/aromatic N) is 1. The van der Waals surface area contributed by atoms with Gasteiger partial charge in [0.05, 0.1) is 4.88 Å². The smallest absolute Gasteiger partial charge is 0.172 e. The van der Waals surface area contributed by atoms with Crippen LogP contribution >= 0.6 is 11.3 Å². The first-order valence-electron chi connectivity index (χ1n) is 6.54. The number of carbonyl (C=O) groups excluding carboxylic acids is 1. The number of ketones is 1. The second-order valence-electron chi connectivity index (χ2n) is 4.92. The summed E-state index contributed by atoms with van der Waals surface area (Å²) in [4.78, 5) is 15.2. The molecule has 17 heavy (non-hydrogen) atoms. The lowest BCUT2D eigenvalue weighted by atomic mass is 10.1. The molecule has 2 nitrogen and oxygen atoms in total. The van der Waals surface area contributed by atoms with E-state index in [4.69, 9.17) is 0 Å². The molecule has 3 heteroatoms. The van der Waals surface area contributed by atoms with E-state index in [9.17, 15) is 4.79 Å². The Hall–Kier alpha value is -0.670. The molecule has 0 N–H and O–H groups in total. The Morgan fingerprint density at radius 3 is 2.88 bits per heavy atom. The maximum absolute atomic E-state index is 11.8. The fourth-order valence-corrected chi connectivity index (χ4v) is 3.27. The maximum Gasteiger partial charge on any atom is 0.172 e. The molecule has 0 spiro atoms. The van der Waals surface area contributed by atoms with Crippen molar-refractivity contribution in [1.29, 1.82) is 0 Å². The first kappa shape index (κ1) is 12.8. The lowest BCUT2D eigenvalue weighted by molar-refractivity contribution is 0.0977. The fraction of sp³-hybridized carbons (Fsp3) is 0.643. The monoisotopic (exact) mass is 251 g/mol. The van der Waals surface area contributed by atoms with E-state index in [1.165, 1.54) is 25.7 Å². The van der Waals surface area contributed by atoms with Gasteiger partial charge in [0, 0.05) is 12.5 Å². The molecule has 2 rings (SSSR count). The summed E-state index contributed by atoms with van der Waals surface area (Å²) in [7, 11) is 2.20. The minimum atomic E-state index is 0.305. The number of Topliss-reactive ketones (excluding diaryl/α,β-unsaturated/α-hetero) is 1. The zero-order valence-electron chi connectivity index (χ0n) is 10.5. The van der Waals surface area contributed by atoms with Crippen molar-refractivity contribution in [3.8, 4) is 0 Å². The van der Waals surface area contributed by atoms with E-state index in [1.54, 1.807) is 11.3 Å². The summed E-state index contributed by atoms with van der Waals surface area (Å²) in [5.74, 6) is 0.305. The summed E-state index contributed by atoms with van der Waals surface area (Å²) in [6, 6.07) is 4.64. The van der Waals surface area contributed by atoms with Gasteiger partial charge >= 0.3 is 0 Å². The second kappa shape index (κ2) is 6.31. The number of carbonyl (C=O) groups is 1. The van der Waals surface area contributed by atoms with Crippen LogP contribution in [0.15, 0.2) is 17.5 Å². The third-order valence-corrected chi connectivity index (χ3v) is 4.57. The van der Waals surface area contributed by atoms with Crippen LogP contribution < -0.4 is 0 Å². The first-order chi connectivity index (χ1) is 8.27. The molecule has 1 aromatic heterocycles. The molecule has 1 aromatic rings. The van der Waals surface area contributed by atoms with E-state index in [2.05, 4.69) is 11.9 Å². The van der Waals surface area contributed by atoms with Crippen LogP contribution in [0, 0.1) is 0 Å². The molecule has 1 saturated carbocycles. The van der Waals surface area contributed by atoms with Crippen molar-refractivity contribution in [2.24, 2.45) is 0 Å². The predicted molar refractivity (Wildman–Crippen MR) is 72.8 cm³/mol. The number of rotatable bonds is 6. The molecule has 1 aliphatic carbocycles. The van der Waals surface area contributed by atoms with Crippen molar-refractivity contribution < 1.29 is 4.79 Å². The van der Waals surface area contributed by atoms with Crippen molar-refractivity contribution in [2.75, 3.05) is 13.6 Å². The normalized spacial score (nSPS) is 16.8. The van der Waals surface area contributed by atoms with E-state index < -0.39 is 0 Å². The topological polar surface area (TPSA) is 20.3 Å². The Morgan fingerprint density at radius 2 is 2.24 bits per heavy atom. The Bertz CT molecular complexity index is 341. The van der Waals surface area contributed by atoms with Crippen LogP contribution in [0.2, 0.25) is 0 Å². The van der Waals surface area contributed by atoms with Gasteiger partial charge < -0.3 is 4.90 Å². The molecule has 1 fully saturated rings. The van der Waals surface area contributed by atoms with Gasteiger partial charge in [-0.15, -0.1) is 11.3 Å². The third-order valence-electron chi connectivity index (χ3n) is 3.66. The highest BCUT2D eigenvalue weighted by atomic mass is 32.1.